The van der Waals surface area contributed by atoms with Crippen LogP contribution < -0.4 is 5.73 Å². The van der Waals surface area contributed by atoms with Gasteiger partial charge < -0.3 is 15.4 Å². The molecule has 6 heteroatoms. The number of pyridine rings is 1. The molecule has 0 saturated carbocycles. The van der Waals surface area contributed by atoms with Crippen molar-refractivity contribution in [3.8, 4) is 11.1 Å². The molecule has 1 aliphatic heterocycles. The number of hydrogen-bond acceptors (Lipinski definition) is 4. The van der Waals surface area contributed by atoms with Crippen LogP contribution in [-0.4, -0.2) is 34.5 Å². The fraction of sp³-hybridized carbons (Fsp3) is 0.381. The maximum absolute atomic E-state index is 12.4. The summed E-state index contributed by atoms with van der Waals surface area (Å²) in [5, 5.41) is 0. The average molecular weight is 367 g/mol. The minimum atomic E-state index is -0.369. The standard InChI is InChI=1S/C21H25N3O3/c1-14-13-18(9-11-23-14)17-5-3-16(4-6-17)15(2)24-12-10-19(27-21(24)26)7-8-20(22)25/h3-6,9,11,13,15,19H,7-8,10,12H2,1-2H3,(H2,22,25). The van der Waals surface area contributed by atoms with E-state index in [4.69, 9.17) is 10.5 Å². The molecule has 1 aromatic carbocycles. The summed E-state index contributed by atoms with van der Waals surface area (Å²) in [7, 11) is 0. The summed E-state index contributed by atoms with van der Waals surface area (Å²) >= 11 is 0. The molecule has 1 fully saturated rings. The molecule has 27 heavy (non-hydrogen) atoms. The van der Waals surface area contributed by atoms with Crippen LogP contribution in [0.15, 0.2) is 42.6 Å². The fourth-order valence-electron chi connectivity index (χ4n) is 3.36. The van der Waals surface area contributed by atoms with Gasteiger partial charge in [-0.15, -0.1) is 0 Å². The van der Waals surface area contributed by atoms with Gasteiger partial charge in [0.1, 0.15) is 6.10 Å². The normalized spacial score (nSPS) is 18.1. The molecule has 0 spiro atoms. The van der Waals surface area contributed by atoms with Crippen LogP contribution in [0.4, 0.5) is 4.79 Å². The molecule has 1 saturated heterocycles. The van der Waals surface area contributed by atoms with Crippen molar-refractivity contribution in [1.82, 2.24) is 9.88 Å². The number of rotatable bonds is 6. The highest BCUT2D eigenvalue weighted by atomic mass is 16.6. The van der Waals surface area contributed by atoms with E-state index in [9.17, 15) is 9.59 Å². The van der Waals surface area contributed by atoms with Crippen LogP contribution in [0, 0.1) is 6.92 Å². The van der Waals surface area contributed by atoms with Crippen LogP contribution in [0.5, 0.6) is 0 Å². The summed E-state index contributed by atoms with van der Waals surface area (Å²) in [5.41, 5.74) is 9.43. The van der Waals surface area contributed by atoms with Gasteiger partial charge in [0.05, 0.1) is 6.04 Å². The Kier molecular flexibility index (Phi) is 5.74. The Morgan fingerprint density at radius 3 is 2.67 bits per heavy atom. The van der Waals surface area contributed by atoms with Crippen molar-refractivity contribution in [3.63, 3.8) is 0 Å². The van der Waals surface area contributed by atoms with Gasteiger partial charge >= 0.3 is 6.09 Å². The topological polar surface area (TPSA) is 85.5 Å². The molecule has 2 heterocycles. The SMILES string of the molecule is Cc1cc(-c2ccc(C(C)N3CCC(CCC(N)=O)OC3=O)cc2)ccn1. The molecule has 2 N–H and O–H groups in total. The molecule has 2 atom stereocenters. The smallest absolute Gasteiger partial charge is 0.410 e. The number of nitrogens with two attached hydrogens (primary N) is 1. The largest absolute Gasteiger partial charge is 0.446 e. The van der Waals surface area contributed by atoms with Crippen molar-refractivity contribution >= 4 is 12.0 Å². The molecule has 142 valence electrons. The second-order valence-corrected chi connectivity index (χ2v) is 6.98. The second-order valence-electron chi connectivity index (χ2n) is 6.98. The summed E-state index contributed by atoms with van der Waals surface area (Å²) < 4.78 is 5.47. The van der Waals surface area contributed by atoms with Crippen molar-refractivity contribution in [2.75, 3.05) is 6.54 Å². The zero-order valence-corrected chi connectivity index (χ0v) is 15.7. The van der Waals surface area contributed by atoms with Gasteiger partial charge in [0.2, 0.25) is 5.91 Å². The molecular formula is C21H25N3O3. The number of benzene rings is 1. The molecule has 2 amide bonds. The van der Waals surface area contributed by atoms with E-state index < -0.39 is 0 Å². The highest BCUT2D eigenvalue weighted by molar-refractivity contribution is 5.74. The van der Waals surface area contributed by atoms with Crippen LogP contribution in [0.2, 0.25) is 0 Å². The number of aryl methyl sites for hydroxylation is 1. The lowest BCUT2D eigenvalue weighted by Gasteiger charge is -2.35. The predicted octanol–water partition coefficient (Wildman–Crippen LogP) is 3.59. The van der Waals surface area contributed by atoms with Gasteiger partial charge in [-0.2, -0.15) is 0 Å². The highest BCUT2D eigenvalue weighted by Crippen LogP contribution is 2.28. The van der Waals surface area contributed by atoms with Crippen molar-refractivity contribution in [2.24, 2.45) is 5.73 Å². The Morgan fingerprint density at radius 2 is 2.04 bits per heavy atom. The van der Waals surface area contributed by atoms with E-state index in [1.165, 1.54) is 0 Å². The van der Waals surface area contributed by atoms with E-state index in [0.29, 0.717) is 19.4 Å². The summed E-state index contributed by atoms with van der Waals surface area (Å²) in [4.78, 5) is 29.2. The number of carbonyl (C=O) groups excluding carboxylic acids is 2. The second kappa shape index (κ2) is 8.20. The quantitative estimate of drug-likeness (QED) is 0.845. The molecule has 6 nitrogen and oxygen atoms in total. The third-order valence-electron chi connectivity index (χ3n) is 5.00. The number of primary amides is 1. The van der Waals surface area contributed by atoms with E-state index in [1.54, 1.807) is 11.1 Å². The lowest BCUT2D eigenvalue weighted by molar-refractivity contribution is -0.118. The number of nitrogens with zero attached hydrogens (tertiary/aromatic N) is 2. The minimum absolute atomic E-state index is 0.0807. The number of cyclic esters (lactones) is 1. The Labute approximate surface area is 159 Å². The van der Waals surface area contributed by atoms with Gasteiger partial charge in [0.15, 0.2) is 0 Å². The first kappa shape index (κ1) is 18.9. The van der Waals surface area contributed by atoms with Gasteiger partial charge in [-0.1, -0.05) is 24.3 Å². The molecule has 0 bridgehead atoms. The van der Waals surface area contributed by atoms with Crippen LogP contribution >= 0.6 is 0 Å². The first-order valence-electron chi connectivity index (χ1n) is 9.22. The minimum Gasteiger partial charge on any atom is -0.446 e. The van der Waals surface area contributed by atoms with Crippen molar-refractivity contribution < 1.29 is 14.3 Å². The maximum atomic E-state index is 12.4. The molecule has 2 aromatic rings. The number of aromatic nitrogens is 1. The first-order chi connectivity index (χ1) is 12.9. The first-order valence-corrected chi connectivity index (χ1v) is 9.22. The summed E-state index contributed by atoms with van der Waals surface area (Å²) in [5.74, 6) is -0.369. The van der Waals surface area contributed by atoms with E-state index >= 15 is 0 Å². The van der Waals surface area contributed by atoms with Gasteiger partial charge in [-0.3, -0.25) is 9.78 Å². The van der Waals surface area contributed by atoms with Gasteiger partial charge in [-0.05, 0) is 49.1 Å². The Balaban J connectivity index is 1.65. The number of carbonyl (C=O) groups is 2. The van der Waals surface area contributed by atoms with Crippen molar-refractivity contribution in [2.45, 2.75) is 45.3 Å². The van der Waals surface area contributed by atoms with E-state index in [1.807, 2.05) is 38.1 Å². The average Bonchev–Trinajstić information content (AvgIpc) is 2.66. The number of ether oxygens (including phenoxy) is 1. The molecule has 1 aliphatic rings. The Hall–Kier alpha value is -2.89. The molecule has 2 unspecified atom stereocenters. The lowest BCUT2D eigenvalue weighted by Crippen LogP contribution is -2.43. The third kappa shape index (κ3) is 4.64. The van der Waals surface area contributed by atoms with Crippen LogP contribution in [0.1, 0.15) is 43.5 Å². The van der Waals surface area contributed by atoms with Gasteiger partial charge in [0.25, 0.3) is 0 Å². The molecule has 3 rings (SSSR count). The molecule has 0 aliphatic carbocycles. The zero-order chi connectivity index (χ0) is 19.4. The third-order valence-corrected chi connectivity index (χ3v) is 5.00. The summed E-state index contributed by atoms with van der Waals surface area (Å²) in [6, 6.07) is 12.2. The summed E-state index contributed by atoms with van der Waals surface area (Å²) in [6.45, 7) is 4.57. The Bertz CT molecular complexity index is 820. The predicted molar refractivity (Wildman–Crippen MR) is 103 cm³/mol. The van der Waals surface area contributed by atoms with Crippen molar-refractivity contribution in [1.29, 1.82) is 0 Å². The van der Waals surface area contributed by atoms with E-state index in [-0.39, 0.29) is 30.6 Å². The van der Waals surface area contributed by atoms with Crippen molar-refractivity contribution in [3.05, 3.63) is 53.9 Å². The van der Waals surface area contributed by atoms with E-state index in [0.717, 1.165) is 22.4 Å². The van der Waals surface area contributed by atoms with E-state index in [2.05, 4.69) is 17.1 Å². The maximum Gasteiger partial charge on any atom is 0.410 e. The fourth-order valence-corrected chi connectivity index (χ4v) is 3.36. The van der Waals surface area contributed by atoms with Crippen LogP contribution in [0.25, 0.3) is 11.1 Å². The molecule has 0 radical (unpaired) electrons. The van der Waals surface area contributed by atoms with Gasteiger partial charge in [-0.25, -0.2) is 4.79 Å². The van der Waals surface area contributed by atoms with Crippen LogP contribution in [0.3, 0.4) is 0 Å². The molecule has 1 aromatic heterocycles. The highest BCUT2D eigenvalue weighted by Gasteiger charge is 2.30. The Morgan fingerprint density at radius 1 is 1.30 bits per heavy atom. The number of hydrogen-bond donors (Lipinski definition) is 1. The van der Waals surface area contributed by atoms with Crippen LogP contribution in [-0.2, 0) is 9.53 Å². The zero-order valence-electron chi connectivity index (χ0n) is 15.7. The van der Waals surface area contributed by atoms with Gasteiger partial charge in [0, 0.05) is 31.3 Å². The molecular weight excluding hydrogens is 342 g/mol. The lowest BCUT2D eigenvalue weighted by atomic mass is 10.00. The number of amides is 2. The monoisotopic (exact) mass is 367 g/mol. The summed E-state index contributed by atoms with van der Waals surface area (Å²) in [6.07, 6.45) is 2.67.